The fourth-order valence-corrected chi connectivity index (χ4v) is 2.09. The Hall–Kier alpha value is -0.830. The summed E-state index contributed by atoms with van der Waals surface area (Å²) in [6.07, 6.45) is 5.50. The molecule has 1 atom stereocenters. The van der Waals surface area contributed by atoms with Gasteiger partial charge in [-0.15, -0.1) is 6.58 Å². The Balaban J connectivity index is 2.53. The van der Waals surface area contributed by atoms with Gasteiger partial charge in [0.1, 0.15) is 0 Å². The van der Waals surface area contributed by atoms with Gasteiger partial charge < -0.3 is 10.2 Å². The molecule has 1 aliphatic rings. The van der Waals surface area contributed by atoms with Crippen LogP contribution in [0.15, 0.2) is 12.7 Å². The Morgan fingerprint density at radius 3 is 3.00 bits per heavy atom. The van der Waals surface area contributed by atoms with Crippen molar-refractivity contribution < 1.29 is 4.79 Å². The molecule has 1 saturated heterocycles. The molecule has 1 aliphatic heterocycles. The van der Waals surface area contributed by atoms with Crippen LogP contribution < -0.4 is 5.32 Å². The van der Waals surface area contributed by atoms with Crippen LogP contribution in [0.4, 0.5) is 0 Å². The maximum Gasteiger partial charge on any atom is 0.226 e. The van der Waals surface area contributed by atoms with E-state index in [4.69, 9.17) is 0 Å². The van der Waals surface area contributed by atoms with E-state index in [9.17, 15) is 4.79 Å². The molecule has 0 aliphatic carbocycles. The summed E-state index contributed by atoms with van der Waals surface area (Å²) in [5.74, 6) is 0.223. The standard InChI is InChI=1S/C12H22N2O/c1-3-6-12(15)14(9-4-2)11-7-5-8-13-10-11/h3,11,13H,1,4-10H2,2H3. The number of hydrogen-bond acceptors (Lipinski definition) is 2. The number of amides is 1. The summed E-state index contributed by atoms with van der Waals surface area (Å²) in [6.45, 7) is 8.65. The van der Waals surface area contributed by atoms with Gasteiger partial charge in [-0.1, -0.05) is 13.0 Å². The third-order valence-corrected chi connectivity index (χ3v) is 2.82. The molecule has 15 heavy (non-hydrogen) atoms. The number of carbonyl (C=O) groups excluding carboxylic acids is 1. The number of nitrogens with zero attached hydrogens (tertiary/aromatic N) is 1. The summed E-state index contributed by atoms with van der Waals surface area (Å²) < 4.78 is 0. The zero-order chi connectivity index (χ0) is 11.1. The maximum absolute atomic E-state index is 11.9. The summed E-state index contributed by atoms with van der Waals surface area (Å²) >= 11 is 0. The Morgan fingerprint density at radius 2 is 2.47 bits per heavy atom. The lowest BCUT2D eigenvalue weighted by Crippen LogP contribution is -2.48. The Bertz CT molecular complexity index is 210. The van der Waals surface area contributed by atoms with Gasteiger partial charge in [-0.05, 0) is 25.8 Å². The van der Waals surface area contributed by atoms with Gasteiger partial charge >= 0.3 is 0 Å². The average Bonchev–Trinajstić information content (AvgIpc) is 2.27. The highest BCUT2D eigenvalue weighted by molar-refractivity contribution is 5.78. The first-order chi connectivity index (χ1) is 7.29. The van der Waals surface area contributed by atoms with E-state index in [-0.39, 0.29) is 5.91 Å². The SMILES string of the molecule is C=CCC(=O)N(CCC)C1CCCNC1. The third-order valence-electron chi connectivity index (χ3n) is 2.82. The van der Waals surface area contributed by atoms with Gasteiger partial charge in [0.05, 0.1) is 0 Å². The number of piperidine rings is 1. The molecule has 0 spiro atoms. The second-order valence-corrected chi connectivity index (χ2v) is 4.08. The maximum atomic E-state index is 11.9. The van der Waals surface area contributed by atoms with Crippen molar-refractivity contribution in [3.63, 3.8) is 0 Å². The van der Waals surface area contributed by atoms with E-state index in [1.165, 1.54) is 6.42 Å². The Kier molecular flexibility index (Phi) is 5.40. The minimum atomic E-state index is 0.223. The molecular weight excluding hydrogens is 188 g/mol. The molecule has 1 N–H and O–H groups in total. The van der Waals surface area contributed by atoms with Gasteiger partial charge in [-0.25, -0.2) is 0 Å². The molecule has 0 saturated carbocycles. The molecule has 86 valence electrons. The summed E-state index contributed by atoms with van der Waals surface area (Å²) in [7, 11) is 0. The molecule has 0 bridgehead atoms. The first-order valence-electron chi connectivity index (χ1n) is 5.90. The van der Waals surface area contributed by atoms with E-state index in [2.05, 4.69) is 18.8 Å². The van der Waals surface area contributed by atoms with Crippen molar-refractivity contribution in [2.45, 2.75) is 38.6 Å². The highest BCUT2D eigenvalue weighted by Gasteiger charge is 2.23. The molecule has 0 aromatic carbocycles. The van der Waals surface area contributed by atoms with E-state index >= 15 is 0 Å². The van der Waals surface area contributed by atoms with E-state index in [0.29, 0.717) is 12.5 Å². The average molecular weight is 210 g/mol. The van der Waals surface area contributed by atoms with E-state index in [1.807, 2.05) is 4.90 Å². The van der Waals surface area contributed by atoms with Crippen LogP contribution in [0.1, 0.15) is 32.6 Å². The highest BCUT2D eigenvalue weighted by Crippen LogP contribution is 2.12. The summed E-state index contributed by atoms with van der Waals surface area (Å²) in [4.78, 5) is 13.9. The van der Waals surface area contributed by atoms with Crippen molar-refractivity contribution in [2.24, 2.45) is 0 Å². The van der Waals surface area contributed by atoms with Crippen molar-refractivity contribution in [1.29, 1.82) is 0 Å². The largest absolute Gasteiger partial charge is 0.338 e. The Labute approximate surface area is 92.5 Å². The molecule has 0 aromatic heterocycles. The molecule has 1 fully saturated rings. The van der Waals surface area contributed by atoms with Crippen molar-refractivity contribution in [3.05, 3.63) is 12.7 Å². The quantitative estimate of drug-likeness (QED) is 0.698. The van der Waals surface area contributed by atoms with E-state index < -0.39 is 0 Å². The van der Waals surface area contributed by atoms with Crippen LogP contribution in [-0.2, 0) is 4.79 Å². The first kappa shape index (κ1) is 12.2. The minimum absolute atomic E-state index is 0.223. The smallest absolute Gasteiger partial charge is 0.226 e. The third kappa shape index (κ3) is 3.67. The lowest BCUT2D eigenvalue weighted by molar-refractivity contribution is -0.133. The number of rotatable bonds is 5. The molecular formula is C12H22N2O. The molecule has 1 unspecified atom stereocenters. The second-order valence-electron chi connectivity index (χ2n) is 4.08. The zero-order valence-corrected chi connectivity index (χ0v) is 9.67. The van der Waals surface area contributed by atoms with Crippen molar-refractivity contribution in [2.75, 3.05) is 19.6 Å². The lowest BCUT2D eigenvalue weighted by atomic mass is 10.1. The molecule has 1 rings (SSSR count). The van der Waals surface area contributed by atoms with Crippen LogP contribution in [0.2, 0.25) is 0 Å². The van der Waals surface area contributed by atoms with E-state index in [1.54, 1.807) is 6.08 Å². The van der Waals surface area contributed by atoms with Gasteiger partial charge in [0.2, 0.25) is 5.91 Å². The number of nitrogens with one attached hydrogen (secondary N) is 1. The van der Waals surface area contributed by atoms with Gasteiger partial charge in [0.15, 0.2) is 0 Å². The fourth-order valence-electron chi connectivity index (χ4n) is 2.09. The lowest BCUT2D eigenvalue weighted by Gasteiger charge is -2.34. The monoisotopic (exact) mass is 210 g/mol. The second kappa shape index (κ2) is 6.62. The van der Waals surface area contributed by atoms with Crippen LogP contribution in [0.25, 0.3) is 0 Å². The van der Waals surface area contributed by atoms with Crippen molar-refractivity contribution in [1.82, 2.24) is 10.2 Å². The molecule has 3 nitrogen and oxygen atoms in total. The van der Waals surface area contributed by atoms with Crippen LogP contribution in [0.5, 0.6) is 0 Å². The van der Waals surface area contributed by atoms with Crippen LogP contribution in [0, 0.1) is 0 Å². The van der Waals surface area contributed by atoms with E-state index in [0.717, 1.165) is 32.5 Å². The molecule has 0 radical (unpaired) electrons. The number of hydrogen-bond donors (Lipinski definition) is 1. The van der Waals surface area contributed by atoms with Crippen LogP contribution in [0.3, 0.4) is 0 Å². The van der Waals surface area contributed by atoms with Crippen molar-refractivity contribution >= 4 is 5.91 Å². The summed E-state index contributed by atoms with van der Waals surface area (Å²) in [5.41, 5.74) is 0. The number of carbonyl (C=O) groups is 1. The van der Waals surface area contributed by atoms with Gasteiger partial charge in [0.25, 0.3) is 0 Å². The summed E-state index contributed by atoms with van der Waals surface area (Å²) in [5, 5.41) is 3.35. The molecule has 0 aromatic rings. The van der Waals surface area contributed by atoms with Gasteiger partial charge in [-0.3, -0.25) is 4.79 Å². The van der Waals surface area contributed by atoms with Crippen LogP contribution >= 0.6 is 0 Å². The van der Waals surface area contributed by atoms with Crippen LogP contribution in [-0.4, -0.2) is 36.5 Å². The Morgan fingerprint density at radius 1 is 1.67 bits per heavy atom. The zero-order valence-electron chi connectivity index (χ0n) is 9.67. The highest BCUT2D eigenvalue weighted by atomic mass is 16.2. The first-order valence-corrected chi connectivity index (χ1v) is 5.90. The molecule has 1 heterocycles. The topological polar surface area (TPSA) is 32.3 Å². The summed E-state index contributed by atoms with van der Waals surface area (Å²) in [6, 6.07) is 0.395. The minimum Gasteiger partial charge on any atom is -0.338 e. The molecule has 1 amide bonds. The predicted octanol–water partition coefficient (Wildman–Crippen LogP) is 1.55. The normalized spacial score (nSPS) is 21.0. The van der Waals surface area contributed by atoms with Gasteiger partial charge in [0, 0.05) is 25.6 Å². The fraction of sp³-hybridized carbons (Fsp3) is 0.750. The predicted molar refractivity (Wildman–Crippen MR) is 62.7 cm³/mol. The van der Waals surface area contributed by atoms with Crippen molar-refractivity contribution in [3.8, 4) is 0 Å². The molecule has 3 heteroatoms. The van der Waals surface area contributed by atoms with Gasteiger partial charge in [-0.2, -0.15) is 0 Å².